The highest BCUT2D eigenvalue weighted by Crippen LogP contribution is 2.16. The molecule has 148 valence electrons. The van der Waals surface area contributed by atoms with Crippen LogP contribution in [0.5, 0.6) is 5.75 Å². The molecule has 0 bridgehead atoms. The van der Waals surface area contributed by atoms with Gasteiger partial charge in [0, 0.05) is 0 Å². The Labute approximate surface area is 161 Å². The molecule has 3 nitrogen and oxygen atoms in total. The molecule has 1 aromatic carbocycles. The van der Waals surface area contributed by atoms with Crippen molar-refractivity contribution in [2.45, 2.75) is 71.1 Å². The van der Waals surface area contributed by atoms with Crippen molar-refractivity contribution in [3.8, 4) is 5.75 Å². The van der Waals surface area contributed by atoms with E-state index in [-0.39, 0.29) is 0 Å². The molecule has 0 atom stereocenters. The molecule has 0 spiro atoms. The number of likely N-dealkylation sites (N-methyl/N-ethyl adjacent to an activating group) is 1. The van der Waals surface area contributed by atoms with Crippen molar-refractivity contribution in [3.05, 3.63) is 29.8 Å². The minimum Gasteiger partial charge on any atom is -0.487 e. The lowest BCUT2D eigenvalue weighted by Crippen LogP contribution is -2.43. The standard InChI is InChI=1S/C23H40NO2/c1-4-5-6-7-8-9-10-11-12-15-18-24(2,3)19-20-26-23-17-14-13-16-22(23)21-25/h13-14,16-17,21H,4-12,15,18-20H2,1-3H3/q+1. The van der Waals surface area contributed by atoms with Gasteiger partial charge in [-0.25, -0.2) is 0 Å². The molecule has 0 unspecified atom stereocenters. The van der Waals surface area contributed by atoms with E-state index in [9.17, 15) is 4.79 Å². The van der Waals surface area contributed by atoms with Crippen LogP contribution in [-0.4, -0.2) is 44.6 Å². The van der Waals surface area contributed by atoms with E-state index in [1.807, 2.05) is 18.2 Å². The Morgan fingerprint density at radius 1 is 0.846 bits per heavy atom. The fraction of sp³-hybridized carbons (Fsp3) is 0.696. The van der Waals surface area contributed by atoms with Crippen LogP contribution >= 0.6 is 0 Å². The van der Waals surface area contributed by atoms with Crippen molar-refractivity contribution in [1.82, 2.24) is 0 Å². The van der Waals surface area contributed by atoms with E-state index in [0.29, 0.717) is 17.9 Å². The largest absolute Gasteiger partial charge is 0.487 e. The molecule has 0 saturated heterocycles. The second-order valence-electron chi connectivity index (χ2n) is 8.07. The maximum atomic E-state index is 11.0. The van der Waals surface area contributed by atoms with E-state index in [0.717, 1.165) is 17.3 Å². The average molecular weight is 363 g/mol. The second kappa shape index (κ2) is 13.8. The fourth-order valence-electron chi connectivity index (χ4n) is 3.25. The van der Waals surface area contributed by atoms with Gasteiger partial charge in [-0.05, 0) is 25.0 Å². The molecule has 0 fully saturated rings. The summed E-state index contributed by atoms with van der Waals surface area (Å²) < 4.78 is 6.79. The molecule has 0 aliphatic heterocycles. The zero-order valence-electron chi connectivity index (χ0n) is 17.3. The third kappa shape index (κ3) is 10.6. The third-order valence-electron chi connectivity index (χ3n) is 5.12. The first kappa shape index (κ1) is 22.7. The quantitative estimate of drug-likeness (QED) is 0.209. The summed E-state index contributed by atoms with van der Waals surface area (Å²) in [7, 11) is 4.53. The monoisotopic (exact) mass is 362 g/mol. The summed E-state index contributed by atoms with van der Waals surface area (Å²) in [5, 5.41) is 0. The first-order valence-electron chi connectivity index (χ1n) is 10.6. The maximum Gasteiger partial charge on any atom is 0.153 e. The molecule has 0 heterocycles. The van der Waals surface area contributed by atoms with Crippen molar-refractivity contribution in [2.75, 3.05) is 33.8 Å². The minimum absolute atomic E-state index is 0.632. The molecule has 0 aromatic heterocycles. The number of ether oxygens (including phenoxy) is 1. The summed E-state index contributed by atoms with van der Waals surface area (Å²) in [5.41, 5.74) is 0.632. The molecule has 0 saturated carbocycles. The van der Waals surface area contributed by atoms with Crippen LogP contribution in [-0.2, 0) is 0 Å². The van der Waals surface area contributed by atoms with Crippen molar-refractivity contribution in [2.24, 2.45) is 0 Å². The minimum atomic E-state index is 0.632. The molecule has 0 amide bonds. The predicted molar refractivity (Wildman–Crippen MR) is 111 cm³/mol. The van der Waals surface area contributed by atoms with E-state index in [1.54, 1.807) is 6.07 Å². The van der Waals surface area contributed by atoms with Crippen LogP contribution in [0.3, 0.4) is 0 Å². The van der Waals surface area contributed by atoms with Gasteiger partial charge in [-0.1, -0.05) is 70.4 Å². The van der Waals surface area contributed by atoms with Gasteiger partial charge in [0.15, 0.2) is 6.29 Å². The van der Waals surface area contributed by atoms with Gasteiger partial charge in [0.25, 0.3) is 0 Å². The SMILES string of the molecule is CCCCCCCCCCCC[N+](C)(C)CCOc1ccccc1C=O. The lowest BCUT2D eigenvalue weighted by Gasteiger charge is -2.29. The number of benzene rings is 1. The van der Waals surface area contributed by atoms with Gasteiger partial charge in [0.1, 0.15) is 18.9 Å². The molecule has 1 aromatic rings. The van der Waals surface area contributed by atoms with Crippen LogP contribution in [0.1, 0.15) is 81.5 Å². The van der Waals surface area contributed by atoms with Crippen LogP contribution in [0.2, 0.25) is 0 Å². The van der Waals surface area contributed by atoms with Crippen LogP contribution in [0.25, 0.3) is 0 Å². The number of aldehydes is 1. The van der Waals surface area contributed by atoms with Crippen LogP contribution in [0, 0.1) is 0 Å². The van der Waals surface area contributed by atoms with Gasteiger partial charge in [0.05, 0.1) is 26.2 Å². The fourth-order valence-corrected chi connectivity index (χ4v) is 3.25. The smallest absolute Gasteiger partial charge is 0.153 e. The molecular weight excluding hydrogens is 322 g/mol. The highest BCUT2D eigenvalue weighted by Gasteiger charge is 2.14. The Hall–Kier alpha value is -1.35. The number of carbonyl (C=O) groups is 1. The summed E-state index contributed by atoms with van der Waals surface area (Å²) in [4.78, 5) is 11.0. The molecule has 1 rings (SSSR count). The van der Waals surface area contributed by atoms with Gasteiger partial charge < -0.3 is 9.22 Å². The molecule has 3 heteroatoms. The second-order valence-corrected chi connectivity index (χ2v) is 8.07. The normalized spacial score (nSPS) is 11.5. The number of nitrogens with zero attached hydrogens (tertiary/aromatic N) is 1. The molecule has 26 heavy (non-hydrogen) atoms. The number of para-hydroxylation sites is 1. The zero-order valence-corrected chi connectivity index (χ0v) is 17.3. The Kier molecular flexibility index (Phi) is 12.0. The first-order valence-corrected chi connectivity index (χ1v) is 10.6. The van der Waals surface area contributed by atoms with Crippen molar-refractivity contribution in [1.29, 1.82) is 0 Å². The maximum absolute atomic E-state index is 11.0. The van der Waals surface area contributed by atoms with E-state index in [4.69, 9.17) is 4.74 Å². The first-order chi connectivity index (χ1) is 12.6. The van der Waals surface area contributed by atoms with Gasteiger partial charge in [-0.15, -0.1) is 0 Å². The lowest BCUT2D eigenvalue weighted by molar-refractivity contribution is -0.890. The number of hydrogen-bond acceptors (Lipinski definition) is 2. The number of carbonyl (C=O) groups excluding carboxylic acids is 1. The summed E-state index contributed by atoms with van der Waals surface area (Å²) in [6.07, 6.45) is 14.7. The van der Waals surface area contributed by atoms with E-state index in [2.05, 4.69) is 21.0 Å². The highest BCUT2D eigenvalue weighted by molar-refractivity contribution is 5.79. The van der Waals surface area contributed by atoms with Crippen LogP contribution < -0.4 is 4.74 Å². The molecule has 0 radical (unpaired) electrons. The molecule has 0 N–H and O–H groups in total. The topological polar surface area (TPSA) is 26.3 Å². The Morgan fingerprint density at radius 2 is 1.42 bits per heavy atom. The van der Waals surface area contributed by atoms with E-state index >= 15 is 0 Å². The summed E-state index contributed by atoms with van der Waals surface area (Å²) in [6, 6.07) is 7.44. The van der Waals surface area contributed by atoms with Gasteiger partial charge in [-0.2, -0.15) is 0 Å². The predicted octanol–water partition coefficient (Wildman–Crippen LogP) is 5.88. The molecular formula is C23H40NO2+. The average Bonchev–Trinajstić information content (AvgIpc) is 2.63. The van der Waals surface area contributed by atoms with Crippen molar-refractivity contribution >= 4 is 6.29 Å². The Balaban J connectivity index is 2.06. The Bertz CT molecular complexity index is 485. The molecule has 0 aliphatic rings. The summed E-state index contributed by atoms with van der Waals surface area (Å²) in [6.45, 7) is 5.08. The number of rotatable bonds is 16. The third-order valence-corrected chi connectivity index (χ3v) is 5.12. The number of quaternary nitrogens is 1. The number of unbranched alkanes of at least 4 members (excludes halogenated alkanes) is 9. The summed E-state index contributed by atoms with van der Waals surface area (Å²) >= 11 is 0. The zero-order chi connectivity index (χ0) is 19.1. The summed E-state index contributed by atoms with van der Waals surface area (Å²) in [5.74, 6) is 0.696. The van der Waals surface area contributed by atoms with E-state index < -0.39 is 0 Å². The lowest BCUT2D eigenvalue weighted by atomic mass is 10.1. The van der Waals surface area contributed by atoms with Crippen molar-refractivity contribution < 1.29 is 14.0 Å². The Morgan fingerprint density at radius 3 is 2.04 bits per heavy atom. The van der Waals surface area contributed by atoms with Crippen LogP contribution in [0.15, 0.2) is 24.3 Å². The van der Waals surface area contributed by atoms with Gasteiger partial charge in [0.2, 0.25) is 0 Å². The van der Waals surface area contributed by atoms with Crippen molar-refractivity contribution in [3.63, 3.8) is 0 Å². The van der Waals surface area contributed by atoms with Gasteiger partial charge in [-0.3, -0.25) is 4.79 Å². The van der Waals surface area contributed by atoms with Gasteiger partial charge >= 0.3 is 0 Å². The molecule has 0 aliphatic carbocycles. The van der Waals surface area contributed by atoms with Crippen LogP contribution in [0.4, 0.5) is 0 Å². The highest BCUT2D eigenvalue weighted by atomic mass is 16.5. The number of hydrogen-bond donors (Lipinski definition) is 0. The van der Waals surface area contributed by atoms with E-state index in [1.165, 1.54) is 70.8 Å².